The molecule has 32 heavy (non-hydrogen) atoms. The highest BCUT2D eigenvalue weighted by atomic mass is 127. The van der Waals surface area contributed by atoms with E-state index in [9.17, 15) is 9.59 Å². The Hall–Kier alpha value is -2.07. The van der Waals surface area contributed by atoms with E-state index in [1.807, 2.05) is 24.3 Å². The fourth-order valence-electron chi connectivity index (χ4n) is 3.09. The number of hydrogen-bond donors (Lipinski definition) is 1. The summed E-state index contributed by atoms with van der Waals surface area (Å²) in [5.74, 6) is 0.0123. The number of imide groups is 1. The lowest BCUT2D eigenvalue weighted by Crippen LogP contribution is -2.30. The van der Waals surface area contributed by atoms with Gasteiger partial charge in [-0.3, -0.25) is 4.79 Å². The molecule has 1 heterocycles. The van der Waals surface area contributed by atoms with E-state index in [1.165, 1.54) is 0 Å². The van der Waals surface area contributed by atoms with Gasteiger partial charge in [0.25, 0.3) is 5.91 Å². The fourth-order valence-corrected chi connectivity index (χ4v) is 4.62. The molecule has 0 aromatic heterocycles. The molecule has 0 bridgehead atoms. The predicted molar refractivity (Wildman–Crippen MR) is 138 cm³/mol. The monoisotopic (exact) mass is 642 g/mol. The molecule has 3 amide bonds. The van der Waals surface area contributed by atoms with Crippen LogP contribution in [0.3, 0.4) is 0 Å². The van der Waals surface area contributed by atoms with Crippen LogP contribution in [0, 0.1) is 3.57 Å². The van der Waals surface area contributed by atoms with Crippen LogP contribution in [0.1, 0.15) is 11.1 Å². The molecule has 0 aliphatic carbocycles. The molecule has 1 aliphatic rings. The molecule has 0 radical (unpaired) electrons. The van der Waals surface area contributed by atoms with Crippen molar-refractivity contribution < 1.29 is 14.3 Å². The van der Waals surface area contributed by atoms with Crippen molar-refractivity contribution >= 4 is 85.4 Å². The van der Waals surface area contributed by atoms with Crippen LogP contribution in [0.25, 0.3) is 6.08 Å². The van der Waals surface area contributed by atoms with Crippen molar-refractivity contribution in [1.82, 2.24) is 5.32 Å². The molecule has 5 nitrogen and oxygen atoms in total. The van der Waals surface area contributed by atoms with E-state index >= 15 is 0 Å². The van der Waals surface area contributed by atoms with Gasteiger partial charge in [0.15, 0.2) is 5.75 Å². The number of amides is 3. The molecule has 0 unspecified atom stereocenters. The van der Waals surface area contributed by atoms with Gasteiger partial charge >= 0.3 is 6.03 Å². The van der Waals surface area contributed by atoms with Crippen LogP contribution in [0.5, 0.6) is 5.75 Å². The number of urea groups is 1. The van der Waals surface area contributed by atoms with Gasteiger partial charge in [-0.05, 0) is 98.2 Å². The molecule has 3 aromatic carbocycles. The third kappa shape index (κ3) is 5.11. The Kier molecular flexibility index (Phi) is 7.09. The zero-order valence-electron chi connectivity index (χ0n) is 16.2. The van der Waals surface area contributed by atoms with E-state index in [-0.39, 0.29) is 5.70 Å². The molecule has 1 saturated heterocycles. The first-order chi connectivity index (χ1) is 15.3. The number of carbonyl (C=O) groups is 2. The van der Waals surface area contributed by atoms with Gasteiger partial charge in [0.1, 0.15) is 12.3 Å². The Morgan fingerprint density at radius 1 is 1.06 bits per heavy atom. The third-order valence-electron chi connectivity index (χ3n) is 4.57. The lowest BCUT2D eigenvalue weighted by molar-refractivity contribution is -0.113. The fraction of sp³-hybridized carbons (Fsp3) is 0.0435. The summed E-state index contributed by atoms with van der Waals surface area (Å²) in [4.78, 5) is 26.2. The Morgan fingerprint density at radius 2 is 1.81 bits per heavy atom. The lowest BCUT2D eigenvalue weighted by atomic mass is 10.1. The van der Waals surface area contributed by atoms with Crippen LogP contribution in [0.2, 0.25) is 10.0 Å². The molecule has 4 rings (SSSR count). The van der Waals surface area contributed by atoms with Crippen molar-refractivity contribution in [2.45, 2.75) is 6.61 Å². The summed E-state index contributed by atoms with van der Waals surface area (Å²) in [5, 5.41) is 3.39. The first-order valence-corrected chi connectivity index (χ1v) is 11.9. The smallest absolute Gasteiger partial charge is 0.333 e. The van der Waals surface area contributed by atoms with Crippen LogP contribution >= 0.6 is 61.7 Å². The molecule has 0 spiro atoms. The van der Waals surface area contributed by atoms with E-state index in [4.69, 9.17) is 27.9 Å². The largest absolute Gasteiger partial charge is 0.486 e. The standard InChI is InChI=1S/C23H14BrCl2IN2O3/c24-18-8-14(9-19(26)21(18)32-12-13-4-6-16(27)7-5-13)10-20-22(30)29(23(31)28-20)17-3-1-2-15(25)11-17/h1-11H,12H2,(H,28,31)/b20-10+. The minimum Gasteiger partial charge on any atom is -0.486 e. The first kappa shape index (κ1) is 23.1. The van der Waals surface area contributed by atoms with E-state index in [0.29, 0.717) is 38.1 Å². The number of nitrogens with one attached hydrogen (secondary N) is 1. The van der Waals surface area contributed by atoms with Gasteiger partial charge in [0.05, 0.1) is 15.2 Å². The highest BCUT2D eigenvalue weighted by Gasteiger charge is 2.35. The van der Waals surface area contributed by atoms with Crippen molar-refractivity contribution in [2.24, 2.45) is 0 Å². The number of hydrogen-bond acceptors (Lipinski definition) is 3. The Morgan fingerprint density at radius 3 is 2.50 bits per heavy atom. The highest BCUT2D eigenvalue weighted by Crippen LogP contribution is 2.36. The molecular formula is C23H14BrCl2IN2O3. The topological polar surface area (TPSA) is 58.6 Å². The number of halogens is 4. The Balaban J connectivity index is 1.54. The molecule has 1 N–H and O–H groups in total. The number of anilines is 1. The SMILES string of the molecule is O=C1N/C(=C/c2cc(Cl)c(OCc3ccc(I)cc3)c(Br)c2)C(=O)N1c1cccc(Cl)c1. The average Bonchev–Trinajstić information content (AvgIpc) is 3.01. The summed E-state index contributed by atoms with van der Waals surface area (Å²) >= 11 is 18.1. The summed E-state index contributed by atoms with van der Waals surface area (Å²) in [5.41, 5.74) is 2.16. The maximum absolute atomic E-state index is 12.8. The number of ether oxygens (including phenoxy) is 1. The summed E-state index contributed by atoms with van der Waals surface area (Å²) in [6.45, 7) is 0.360. The molecule has 0 atom stereocenters. The van der Waals surface area contributed by atoms with Gasteiger partial charge < -0.3 is 10.1 Å². The van der Waals surface area contributed by atoms with Gasteiger partial charge in [0, 0.05) is 8.59 Å². The van der Waals surface area contributed by atoms with Crippen molar-refractivity contribution in [3.63, 3.8) is 0 Å². The van der Waals surface area contributed by atoms with Crippen LogP contribution in [-0.2, 0) is 11.4 Å². The van der Waals surface area contributed by atoms with Crippen LogP contribution < -0.4 is 15.0 Å². The third-order valence-corrected chi connectivity index (χ3v) is 6.40. The molecule has 0 saturated carbocycles. The van der Waals surface area contributed by atoms with E-state index < -0.39 is 11.9 Å². The summed E-state index contributed by atoms with van der Waals surface area (Å²) in [6, 6.07) is 17.4. The van der Waals surface area contributed by atoms with Gasteiger partial charge in [-0.2, -0.15) is 0 Å². The van der Waals surface area contributed by atoms with Gasteiger partial charge in [0.2, 0.25) is 0 Å². The molecule has 3 aromatic rings. The lowest BCUT2D eigenvalue weighted by Gasteiger charge is -2.12. The molecular weight excluding hydrogens is 630 g/mol. The molecule has 162 valence electrons. The van der Waals surface area contributed by atoms with Gasteiger partial charge in [-0.15, -0.1) is 0 Å². The van der Waals surface area contributed by atoms with Gasteiger partial charge in [-0.1, -0.05) is 41.4 Å². The van der Waals surface area contributed by atoms with E-state index in [1.54, 1.807) is 42.5 Å². The number of benzene rings is 3. The number of rotatable bonds is 5. The second kappa shape index (κ2) is 9.82. The maximum Gasteiger partial charge on any atom is 0.333 e. The zero-order chi connectivity index (χ0) is 22.8. The summed E-state index contributed by atoms with van der Waals surface area (Å²) in [6.07, 6.45) is 1.56. The van der Waals surface area contributed by atoms with E-state index in [2.05, 4.69) is 43.8 Å². The summed E-state index contributed by atoms with van der Waals surface area (Å²) < 4.78 is 7.66. The predicted octanol–water partition coefficient (Wildman–Crippen LogP) is 7.04. The Bertz CT molecular complexity index is 1230. The second-order valence-electron chi connectivity index (χ2n) is 6.84. The second-order valence-corrected chi connectivity index (χ2v) is 9.78. The first-order valence-electron chi connectivity index (χ1n) is 9.31. The van der Waals surface area contributed by atoms with Crippen molar-refractivity contribution in [2.75, 3.05) is 4.90 Å². The average molecular weight is 644 g/mol. The van der Waals surface area contributed by atoms with Crippen molar-refractivity contribution in [3.8, 4) is 5.75 Å². The zero-order valence-corrected chi connectivity index (χ0v) is 21.5. The Labute approximate surface area is 216 Å². The number of nitrogens with zero attached hydrogens (tertiary/aromatic N) is 1. The summed E-state index contributed by atoms with van der Waals surface area (Å²) in [7, 11) is 0. The van der Waals surface area contributed by atoms with Crippen LogP contribution in [-0.4, -0.2) is 11.9 Å². The van der Waals surface area contributed by atoms with Crippen LogP contribution in [0.15, 0.2) is 70.8 Å². The number of carbonyl (C=O) groups excluding carboxylic acids is 2. The molecule has 1 aliphatic heterocycles. The quantitative estimate of drug-likeness (QED) is 0.184. The normalized spacial score (nSPS) is 14.8. The molecule has 1 fully saturated rings. The highest BCUT2D eigenvalue weighted by molar-refractivity contribution is 14.1. The van der Waals surface area contributed by atoms with Crippen molar-refractivity contribution in [3.05, 3.63) is 95.6 Å². The minimum atomic E-state index is -0.550. The maximum atomic E-state index is 12.8. The van der Waals surface area contributed by atoms with Crippen molar-refractivity contribution in [1.29, 1.82) is 0 Å². The molecule has 9 heteroatoms. The van der Waals surface area contributed by atoms with E-state index in [0.717, 1.165) is 14.0 Å². The van der Waals surface area contributed by atoms with Crippen LogP contribution in [0.4, 0.5) is 10.5 Å². The van der Waals surface area contributed by atoms with Gasteiger partial charge in [-0.25, -0.2) is 9.69 Å². The minimum absolute atomic E-state index is 0.130.